The summed E-state index contributed by atoms with van der Waals surface area (Å²) in [4.78, 5) is 17.0. The van der Waals surface area contributed by atoms with E-state index in [2.05, 4.69) is 58.1 Å². The zero-order chi connectivity index (χ0) is 22.1. The fourth-order valence-electron chi connectivity index (χ4n) is 3.90. The number of hydrogen-bond donors (Lipinski definition) is 1. The van der Waals surface area contributed by atoms with E-state index in [1.165, 1.54) is 24.4 Å². The van der Waals surface area contributed by atoms with Crippen LogP contribution in [0.1, 0.15) is 30.4 Å². The zero-order valence-corrected chi connectivity index (χ0v) is 19.7. The number of thioether (sulfide) groups is 1. The molecular formula is C23H22BrN3O3S. The number of nitrogens with zero attached hydrogens (tertiary/aromatic N) is 3. The summed E-state index contributed by atoms with van der Waals surface area (Å²) in [6.45, 7) is 2.55. The molecule has 2 aromatic rings. The number of phenolic OH excluding ortho intramolecular Hbond substituents is 1. The van der Waals surface area contributed by atoms with Crippen LogP contribution in [0.15, 0.2) is 51.5 Å². The van der Waals surface area contributed by atoms with E-state index >= 15 is 0 Å². The van der Waals surface area contributed by atoms with Crippen LogP contribution in [0.25, 0.3) is 0 Å². The summed E-state index contributed by atoms with van der Waals surface area (Å²) >= 11 is 4.85. The number of carbonyl (C=O) groups is 1. The molecule has 4 rings (SSSR count). The van der Waals surface area contributed by atoms with Crippen molar-refractivity contribution in [2.75, 3.05) is 24.6 Å². The lowest BCUT2D eigenvalue weighted by Gasteiger charge is -2.42. The predicted octanol–water partition coefficient (Wildman–Crippen LogP) is 4.95. The van der Waals surface area contributed by atoms with Crippen molar-refractivity contribution in [2.24, 2.45) is 0 Å². The molecule has 0 aromatic heterocycles. The van der Waals surface area contributed by atoms with E-state index in [0.29, 0.717) is 33.4 Å². The lowest BCUT2D eigenvalue weighted by atomic mass is 9.86. The van der Waals surface area contributed by atoms with Gasteiger partial charge in [0, 0.05) is 18.0 Å². The fourth-order valence-corrected chi connectivity index (χ4v) is 5.53. The average Bonchev–Trinajstić information content (AvgIpc) is 2.80. The first-order valence-electron chi connectivity index (χ1n) is 9.94. The molecule has 160 valence electrons. The molecule has 1 saturated heterocycles. The van der Waals surface area contributed by atoms with Crippen LogP contribution < -0.4 is 9.64 Å². The van der Waals surface area contributed by atoms with Crippen molar-refractivity contribution in [3.8, 4) is 17.6 Å². The van der Waals surface area contributed by atoms with E-state index in [0.717, 1.165) is 17.7 Å². The van der Waals surface area contributed by atoms with Gasteiger partial charge in [0.05, 0.1) is 40.8 Å². The van der Waals surface area contributed by atoms with Gasteiger partial charge in [-0.3, -0.25) is 9.69 Å². The van der Waals surface area contributed by atoms with Crippen LogP contribution in [0.4, 0.5) is 5.69 Å². The van der Waals surface area contributed by atoms with Crippen LogP contribution in [-0.4, -0.2) is 35.6 Å². The highest BCUT2D eigenvalue weighted by Gasteiger charge is 2.38. The van der Waals surface area contributed by atoms with E-state index < -0.39 is 0 Å². The van der Waals surface area contributed by atoms with Gasteiger partial charge in [-0.1, -0.05) is 30.8 Å². The first-order chi connectivity index (χ1) is 15.0. The summed E-state index contributed by atoms with van der Waals surface area (Å²) in [5, 5.41) is 20.8. The summed E-state index contributed by atoms with van der Waals surface area (Å²) in [5.41, 5.74) is 3.67. The van der Waals surface area contributed by atoms with E-state index in [1.807, 2.05) is 0 Å². The molecule has 1 N–H and O–H groups in total. The normalized spacial score (nSPS) is 18.6. The van der Waals surface area contributed by atoms with Crippen molar-refractivity contribution >= 4 is 39.3 Å². The number of hydrogen-bond acceptors (Lipinski definition) is 6. The third kappa shape index (κ3) is 4.00. The van der Waals surface area contributed by atoms with Gasteiger partial charge in [0.1, 0.15) is 0 Å². The van der Waals surface area contributed by atoms with Crippen LogP contribution in [0.5, 0.6) is 11.5 Å². The van der Waals surface area contributed by atoms with Crippen LogP contribution in [-0.2, 0) is 11.2 Å². The highest BCUT2D eigenvalue weighted by Crippen LogP contribution is 2.46. The van der Waals surface area contributed by atoms with Crippen molar-refractivity contribution in [1.29, 1.82) is 5.26 Å². The number of aromatic hydroxyl groups is 1. The molecule has 2 aliphatic heterocycles. The monoisotopic (exact) mass is 499 g/mol. The Balaban J connectivity index is 1.66. The third-order valence-electron chi connectivity index (χ3n) is 5.68. The molecule has 8 heteroatoms. The average molecular weight is 500 g/mol. The molecule has 1 amide bonds. The topological polar surface area (TPSA) is 76.8 Å². The van der Waals surface area contributed by atoms with Crippen molar-refractivity contribution in [1.82, 2.24) is 4.90 Å². The molecule has 1 atom stereocenters. The lowest BCUT2D eigenvalue weighted by Crippen LogP contribution is -2.47. The molecule has 0 unspecified atom stereocenters. The Labute approximate surface area is 194 Å². The van der Waals surface area contributed by atoms with Crippen LogP contribution >= 0.6 is 27.7 Å². The summed E-state index contributed by atoms with van der Waals surface area (Å²) in [6.07, 6.45) is 1.17. The van der Waals surface area contributed by atoms with Gasteiger partial charge in [0.15, 0.2) is 11.5 Å². The van der Waals surface area contributed by atoms with Crippen LogP contribution in [0.2, 0.25) is 0 Å². The lowest BCUT2D eigenvalue weighted by molar-refractivity contribution is -0.129. The van der Waals surface area contributed by atoms with Gasteiger partial charge in [0.2, 0.25) is 5.91 Å². The maximum atomic E-state index is 13.1. The molecule has 0 saturated carbocycles. The second-order valence-electron chi connectivity index (χ2n) is 7.44. The van der Waals surface area contributed by atoms with Crippen molar-refractivity contribution in [3.63, 3.8) is 0 Å². The number of phenols is 1. The number of allylic oxidation sites excluding steroid dienone is 1. The van der Waals surface area contributed by atoms with Gasteiger partial charge in [0.25, 0.3) is 0 Å². The minimum atomic E-state index is -0.377. The van der Waals surface area contributed by atoms with Crippen LogP contribution in [0.3, 0.4) is 0 Å². The first kappa shape index (κ1) is 21.6. The van der Waals surface area contributed by atoms with Gasteiger partial charge in [-0.05, 0) is 57.7 Å². The highest BCUT2D eigenvalue weighted by atomic mass is 79.9. The predicted molar refractivity (Wildman–Crippen MR) is 125 cm³/mol. The third-order valence-corrected chi connectivity index (χ3v) is 7.44. The number of anilines is 1. The quantitative estimate of drug-likeness (QED) is 0.641. The Hall–Kier alpha value is -2.63. The van der Waals surface area contributed by atoms with E-state index in [1.54, 1.807) is 17.0 Å². The number of benzene rings is 2. The molecule has 0 aliphatic carbocycles. The van der Waals surface area contributed by atoms with Gasteiger partial charge in [-0.25, -0.2) is 0 Å². The Bertz CT molecular complexity index is 1090. The minimum absolute atomic E-state index is 0.00190. The van der Waals surface area contributed by atoms with Crippen molar-refractivity contribution < 1.29 is 14.6 Å². The zero-order valence-electron chi connectivity index (χ0n) is 17.3. The van der Waals surface area contributed by atoms with Gasteiger partial charge in [-0.15, -0.1) is 0 Å². The number of ether oxygens (including phenoxy) is 1. The maximum absolute atomic E-state index is 13.1. The Kier molecular flexibility index (Phi) is 6.17. The minimum Gasteiger partial charge on any atom is -0.503 e. The number of aryl methyl sites for hydroxylation is 1. The Morgan fingerprint density at radius 3 is 2.71 bits per heavy atom. The first-order valence-corrected chi connectivity index (χ1v) is 11.7. The van der Waals surface area contributed by atoms with Crippen LogP contribution in [0, 0.1) is 11.3 Å². The van der Waals surface area contributed by atoms with E-state index in [-0.39, 0.29) is 24.0 Å². The Morgan fingerprint density at radius 2 is 2.06 bits per heavy atom. The Morgan fingerprint density at radius 1 is 1.32 bits per heavy atom. The van der Waals surface area contributed by atoms with Gasteiger partial charge in [-0.2, -0.15) is 5.26 Å². The molecule has 0 spiro atoms. The van der Waals surface area contributed by atoms with Gasteiger partial charge < -0.3 is 14.7 Å². The smallest absolute Gasteiger partial charge is 0.229 e. The molecule has 31 heavy (non-hydrogen) atoms. The molecule has 2 aromatic carbocycles. The largest absolute Gasteiger partial charge is 0.503 e. The number of fused-ring (bicyclic) bond motifs is 1. The molecule has 0 bridgehead atoms. The number of halogens is 1. The van der Waals surface area contributed by atoms with E-state index in [4.69, 9.17) is 4.74 Å². The molecule has 2 aliphatic rings. The van der Waals surface area contributed by atoms with Crippen molar-refractivity contribution in [3.05, 3.63) is 62.6 Å². The molecule has 2 heterocycles. The number of amides is 1. The standard InChI is InChI=1S/C23H22BrN3O3S/c1-3-14-4-6-16(7-5-14)26-12-27-21(28)10-17(18(11-25)23(27)31-13-26)15-8-19(24)22(29)20(9-15)30-2/h4-9,17,29H,3,10,12-13H2,1-2H3/t17-/m0/s1. The van der Waals surface area contributed by atoms with Crippen molar-refractivity contribution in [2.45, 2.75) is 25.7 Å². The highest BCUT2D eigenvalue weighted by molar-refractivity contribution is 9.10. The molecule has 0 radical (unpaired) electrons. The summed E-state index contributed by atoms with van der Waals surface area (Å²) in [6, 6.07) is 14.2. The van der Waals surface area contributed by atoms with E-state index in [9.17, 15) is 15.2 Å². The number of carbonyl (C=O) groups excluding carboxylic acids is 1. The second kappa shape index (κ2) is 8.85. The SMILES string of the molecule is CCc1ccc(N2CSC3=C(C#N)[C@H](c4cc(Br)c(O)c(OC)c4)CC(=O)N3C2)cc1. The summed E-state index contributed by atoms with van der Waals surface area (Å²) in [5.74, 6) is 0.560. The number of methoxy groups -OCH3 is 1. The van der Waals surface area contributed by atoms with Gasteiger partial charge >= 0.3 is 0 Å². The summed E-state index contributed by atoms with van der Waals surface area (Å²) in [7, 11) is 1.47. The maximum Gasteiger partial charge on any atom is 0.229 e. The molecule has 1 fully saturated rings. The number of nitriles is 1. The second-order valence-corrected chi connectivity index (χ2v) is 9.23. The number of rotatable bonds is 4. The molecule has 6 nitrogen and oxygen atoms in total. The molecular weight excluding hydrogens is 478 g/mol. The summed E-state index contributed by atoms with van der Waals surface area (Å²) < 4.78 is 5.72. The fraction of sp³-hybridized carbons (Fsp3) is 0.304.